The number of benzene rings is 8. The first-order chi connectivity index (χ1) is 28.7. The molecule has 1 aliphatic carbocycles. The number of hydrogen-bond donors (Lipinski definition) is 0. The summed E-state index contributed by atoms with van der Waals surface area (Å²) in [6, 6.07) is 70.5. The first kappa shape index (κ1) is 33.9. The Morgan fingerprint density at radius 2 is 0.793 bits per heavy atom. The lowest BCUT2D eigenvalue weighted by Crippen LogP contribution is -2.32. The summed E-state index contributed by atoms with van der Waals surface area (Å²) < 4.78 is 0. The highest BCUT2D eigenvalue weighted by Crippen LogP contribution is 2.62. The zero-order valence-corrected chi connectivity index (χ0v) is 32.0. The Labute approximate surface area is 341 Å². The van der Waals surface area contributed by atoms with Crippen LogP contribution >= 0.6 is 11.8 Å². The molecule has 11 rings (SSSR count). The van der Waals surface area contributed by atoms with Gasteiger partial charge in [0.2, 0.25) is 0 Å². The third kappa shape index (κ3) is 5.42. The first-order valence-corrected chi connectivity index (χ1v) is 20.1. The van der Waals surface area contributed by atoms with E-state index in [4.69, 9.17) is 15.0 Å². The van der Waals surface area contributed by atoms with E-state index in [2.05, 4.69) is 133 Å². The molecule has 0 unspecified atom stereocenters. The summed E-state index contributed by atoms with van der Waals surface area (Å²) in [5.41, 5.74) is 14.6. The van der Waals surface area contributed by atoms with Gasteiger partial charge in [-0.3, -0.25) is 0 Å². The van der Waals surface area contributed by atoms with E-state index < -0.39 is 5.41 Å². The molecule has 0 fully saturated rings. The third-order valence-electron chi connectivity index (χ3n) is 11.4. The van der Waals surface area contributed by atoms with Gasteiger partial charge in [-0.2, -0.15) is 5.26 Å². The largest absolute Gasteiger partial charge is 0.208 e. The van der Waals surface area contributed by atoms with Gasteiger partial charge in [0.05, 0.1) is 17.0 Å². The van der Waals surface area contributed by atoms with Crippen molar-refractivity contribution in [3.63, 3.8) is 0 Å². The van der Waals surface area contributed by atoms with Gasteiger partial charge < -0.3 is 0 Å². The fourth-order valence-corrected chi connectivity index (χ4v) is 9.99. The van der Waals surface area contributed by atoms with Gasteiger partial charge in [0, 0.05) is 26.5 Å². The SMILES string of the molecule is N#Cc1ccc2c(c1)C1(c3ccccc3Sc3ccccc31)c1cc(-c3cccc(-c4cccc(-c5nc(-c6ccccc6)nc(-c6ccccc6)n5)c4)c3)ccc1-2. The van der Waals surface area contributed by atoms with Gasteiger partial charge in [0.1, 0.15) is 0 Å². The van der Waals surface area contributed by atoms with E-state index in [1.54, 1.807) is 0 Å². The van der Waals surface area contributed by atoms with Crippen LogP contribution in [0.15, 0.2) is 204 Å². The van der Waals surface area contributed by atoms with Crippen molar-refractivity contribution in [2.24, 2.45) is 0 Å². The topological polar surface area (TPSA) is 62.5 Å². The summed E-state index contributed by atoms with van der Waals surface area (Å²) in [5, 5.41) is 10.1. The maximum atomic E-state index is 10.1. The second-order valence-corrected chi connectivity index (χ2v) is 15.8. The van der Waals surface area contributed by atoms with E-state index in [0.29, 0.717) is 23.0 Å². The minimum atomic E-state index is -0.570. The fraction of sp³-hybridized carbons (Fsp3) is 0.0189. The molecule has 0 N–H and O–H groups in total. The zero-order valence-electron chi connectivity index (χ0n) is 31.2. The highest BCUT2D eigenvalue weighted by molar-refractivity contribution is 7.99. The molecule has 9 aromatic rings. The average Bonchev–Trinajstić information content (AvgIpc) is 3.58. The van der Waals surface area contributed by atoms with Crippen molar-refractivity contribution in [1.82, 2.24) is 15.0 Å². The lowest BCUT2D eigenvalue weighted by Gasteiger charge is -2.39. The standard InChI is InChI=1S/C53H32N4S/c54-33-34-25-27-42-43-28-26-40(32-47(43)53(46(42)29-34)44-21-7-9-23-48(44)58-49-24-10-8-22-45(49)53)38-18-11-17-37(30-38)39-19-12-20-41(31-39)52-56-50(35-13-3-1-4-14-35)55-51(57-52)36-15-5-2-6-16-36/h1-32H. The maximum Gasteiger partial charge on any atom is 0.164 e. The monoisotopic (exact) mass is 756 g/mol. The summed E-state index contributed by atoms with van der Waals surface area (Å²) in [6.07, 6.45) is 0. The van der Waals surface area contributed by atoms with E-state index in [9.17, 15) is 5.26 Å². The average molecular weight is 757 g/mol. The molecule has 0 radical (unpaired) electrons. The van der Waals surface area contributed by atoms with Crippen molar-refractivity contribution < 1.29 is 0 Å². The Bertz CT molecular complexity index is 3010. The predicted octanol–water partition coefficient (Wildman–Crippen LogP) is 12.9. The number of rotatable bonds is 5. The lowest BCUT2D eigenvalue weighted by molar-refractivity contribution is 0.722. The van der Waals surface area contributed by atoms with Crippen LogP contribution in [0.2, 0.25) is 0 Å². The van der Waals surface area contributed by atoms with E-state index >= 15 is 0 Å². The molecule has 0 amide bonds. The normalized spacial score (nSPS) is 12.9. The van der Waals surface area contributed by atoms with Gasteiger partial charge in [0.15, 0.2) is 17.5 Å². The molecule has 2 heterocycles. The summed E-state index contributed by atoms with van der Waals surface area (Å²) in [6.45, 7) is 0. The first-order valence-electron chi connectivity index (χ1n) is 19.3. The van der Waals surface area contributed by atoms with Gasteiger partial charge in [0.25, 0.3) is 0 Å². The maximum absolute atomic E-state index is 10.1. The Hall–Kier alpha value is -7.39. The molecular formula is C53H32N4S. The second-order valence-electron chi connectivity index (χ2n) is 14.7. The van der Waals surface area contributed by atoms with Crippen molar-refractivity contribution in [1.29, 1.82) is 5.26 Å². The minimum Gasteiger partial charge on any atom is -0.208 e. The van der Waals surface area contributed by atoms with Crippen LogP contribution in [0, 0.1) is 11.3 Å². The van der Waals surface area contributed by atoms with E-state index in [1.807, 2.05) is 78.5 Å². The lowest BCUT2D eigenvalue weighted by atomic mass is 9.67. The zero-order chi connectivity index (χ0) is 38.6. The van der Waals surface area contributed by atoms with Crippen LogP contribution < -0.4 is 0 Å². The van der Waals surface area contributed by atoms with Crippen LogP contribution in [-0.4, -0.2) is 15.0 Å². The minimum absolute atomic E-state index is 0.570. The third-order valence-corrected chi connectivity index (χ3v) is 12.6. The van der Waals surface area contributed by atoms with Gasteiger partial charge in [-0.25, -0.2) is 15.0 Å². The summed E-state index contributed by atoms with van der Waals surface area (Å²) >= 11 is 1.82. The van der Waals surface area contributed by atoms with Crippen molar-refractivity contribution in [3.05, 3.63) is 222 Å². The molecule has 58 heavy (non-hydrogen) atoms. The molecular weight excluding hydrogens is 725 g/mol. The Morgan fingerprint density at radius 3 is 1.36 bits per heavy atom. The van der Waals surface area contributed by atoms with Crippen LogP contribution in [0.5, 0.6) is 0 Å². The van der Waals surface area contributed by atoms with Crippen molar-refractivity contribution in [2.75, 3.05) is 0 Å². The molecule has 270 valence electrons. The molecule has 1 aromatic heterocycles. The smallest absolute Gasteiger partial charge is 0.164 e. The highest BCUT2D eigenvalue weighted by atomic mass is 32.2. The van der Waals surface area contributed by atoms with Crippen LogP contribution in [0.4, 0.5) is 0 Å². The number of aromatic nitrogens is 3. The Balaban J connectivity index is 1.04. The van der Waals surface area contributed by atoms with E-state index in [1.165, 1.54) is 37.6 Å². The van der Waals surface area contributed by atoms with Gasteiger partial charge in [-0.05, 0) is 98.1 Å². The molecule has 2 aliphatic rings. The van der Waals surface area contributed by atoms with Crippen molar-refractivity contribution in [3.8, 4) is 73.6 Å². The Morgan fingerprint density at radius 1 is 0.362 bits per heavy atom. The molecule has 0 saturated heterocycles. The van der Waals surface area contributed by atoms with E-state index in [0.717, 1.165) is 44.5 Å². The fourth-order valence-electron chi connectivity index (χ4n) is 8.80. The highest BCUT2D eigenvalue weighted by Gasteiger charge is 2.50. The van der Waals surface area contributed by atoms with Crippen LogP contribution in [0.3, 0.4) is 0 Å². The molecule has 0 bridgehead atoms. The van der Waals surface area contributed by atoms with Crippen LogP contribution in [-0.2, 0) is 5.41 Å². The van der Waals surface area contributed by atoms with Crippen molar-refractivity contribution in [2.45, 2.75) is 15.2 Å². The summed E-state index contributed by atoms with van der Waals surface area (Å²) in [4.78, 5) is 17.3. The summed E-state index contributed by atoms with van der Waals surface area (Å²) in [5.74, 6) is 1.90. The number of nitriles is 1. The second kappa shape index (κ2) is 13.7. The molecule has 0 saturated carbocycles. The number of fused-ring (bicyclic) bond motifs is 9. The Kier molecular flexibility index (Phi) is 7.99. The predicted molar refractivity (Wildman–Crippen MR) is 233 cm³/mol. The molecule has 8 aromatic carbocycles. The molecule has 1 spiro atoms. The molecule has 0 atom stereocenters. The molecule has 1 aliphatic heterocycles. The van der Waals surface area contributed by atoms with Crippen molar-refractivity contribution >= 4 is 11.8 Å². The van der Waals surface area contributed by atoms with Crippen LogP contribution in [0.25, 0.3) is 67.5 Å². The van der Waals surface area contributed by atoms with Gasteiger partial charge >= 0.3 is 0 Å². The quantitative estimate of drug-likeness (QED) is 0.175. The van der Waals surface area contributed by atoms with Crippen LogP contribution in [0.1, 0.15) is 27.8 Å². The summed E-state index contributed by atoms with van der Waals surface area (Å²) in [7, 11) is 0. The van der Waals surface area contributed by atoms with Gasteiger partial charge in [-0.15, -0.1) is 0 Å². The number of nitrogens with zero attached hydrogens (tertiary/aromatic N) is 4. The molecule has 5 heteroatoms. The molecule has 4 nitrogen and oxygen atoms in total. The van der Waals surface area contributed by atoms with E-state index in [-0.39, 0.29) is 0 Å². The number of hydrogen-bond acceptors (Lipinski definition) is 5. The van der Waals surface area contributed by atoms with Gasteiger partial charge in [-0.1, -0.05) is 163 Å².